The second-order valence-electron chi connectivity index (χ2n) is 5.82. The van der Waals surface area contributed by atoms with Crippen LogP contribution < -0.4 is 4.90 Å². The van der Waals surface area contributed by atoms with Crippen molar-refractivity contribution in [3.8, 4) is 0 Å². The number of carbonyl (C=O) groups excluding carboxylic acids is 1. The maximum Gasteiger partial charge on any atom is 0.231 e. The lowest BCUT2D eigenvalue weighted by molar-refractivity contribution is -0.117. The summed E-state index contributed by atoms with van der Waals surface area (Å²) >= 11 is 3.89. The quantitative estimate of drug-likeness (QED) is 0.747. The number of anilines is 1. The summed E-state index contributed by atoms with van der Waals surface area (Å²) < 4.78 is 0. The van der Waals surface area contributed by atoms with Gasteiger partial charge in [0.25, 0.3) is 0 Å². The highest BCUT2D eigenvalue weighted by Crippen LogP contribution is 2.41. The van der Waals surface area contributed by atoms with Gasteiger partial charge in [-0.1, -0.05) is 47.3 Å². The molecule has 1 unspecified atom stereocenters. The van der Waals surface area contributed by atoms with E-state index in [2.05, 4.69) is 34.1 Å². The third kappa shape index (κ3) is 2.45. The molecule has 0 aromatic heterocycles. The Hall–Kier alpha value is -0.830. The van der Waals surface area contributed by atoms with Crippen LogP contribution in [-0.4, -0.2) is 13.0 Å². The molecule has 1 aliphatic heterocycles. The lowest BCUT2D eigenvalue weighted by Crippen LogP contribution is -2.20. The molecule has 19 heavy (non-hydrogen) atoms. The molecule has 1 aliphatic carbocycles. The number of hydrogen-bond donors (Lipinski definition) is 0. The molecule has 0 bridgehead atoms. The van der Waals surface area contributed by atoms with Gasteiger partial charge in [0.05, 0.1) is 6.42 Å². The van der Waals surface area contributed by atoms with Crippen molar-refractivity contribution in [1.29, 1.82) is 0 Å². The van der Waals surface area contributed by atoms with Crippen molar-refractivity contribution in [3.05, 3.63) is 29.3 Å². The van der Waals surface area contributed by atoms with E-state index in [0.29, 0.717) is 11.2 Å². The smallest absolute Gasteiger partial charge is 0.231 e. The topological polar surface area (TPSA) is 20.3 Å². The predicted molar refractivity (Wildman–Crippen MR) is 81.8 cm³/mol. The minimum Gasteiger partial charge on any atom is -0.315 e. The lowest BCUT2D eigenvalue weighted by atomic mass is 9.84. The van der Waals surface area contributed by atoms with Crippen molar-refractivity contribution in [1.82, 2.24) is 0 Å². The van der Waals surface area contributed by atoms with Crippen molar-refractivity contribution >= 4 is 27.5 Å². The molecule has 0 saturated heterocycles. The van der Waals surface area contributed by atoms with Gasteiger partial charge in [-0.05, 0) is 36.0 Å². The molecule has 1 fully saturated rings. The maximum atomic E-state index is 11.7. The van der Waals surface area contributed by atoms with Crippen LogP contribution in [0.4, 0.5) is 5.69 Å². The summed E-state index contributed by atoms with van der Waals surface area (Å²) in [6, 6.07) is 6.51. The predicted octanol–water partition coefficient (Wildman–Crippen LogP) is 4.22. The monoisotopic (exact) mass is 321 g/mol. The van der Waals surface area contributed by atoms with Crippen LogP contribution in [0.3, 0.4) is 0 Å². The van der Waals surface area contributed by atoms with Crippen molar-refractivity contribution < 1.29 is 4.79 Å². The molecule has 1 saturated carbocycles. The third-order valence-corrected chi connectivity index (χ3v) is 5.84. The Bertz CT molecular complexity index is 494. The molecular formula is C16H20BrNO. The minimum atomic E-state index is 0.205. The van der Waals surface area contributed by atoms with Crippen LogP contribution in [0.25, 0.3) is 0 Å². The minimum absolute atomic E-state index is 0.205. The number of nitrogens with zero attached hydrogens (tertiary/aromatic N) is 1. The Morgan fingerprint density at radius 1 is 1.26 bits per heavy atom. The van der Waals surface area contributed by atoms with Gasteiger partial charge in [0.2, 0.25) is 5.91 Å². The van der Waals surface area contributed by atoms with E-state index in [9.17, 15) is 4.79 Å². The Kier molecular flexibility index (Phi) is 3.66. The second-order valence-corrected chi connectivity index (χ2v) is 6.80. The standard InChI is InChI=1S/C16H20BrNO/c1-18-14-8-7-12(9-13(14)10-15(18)19)16(17)11-5-3-2-4-6-11/h7-9,11,16H,2-6,10H2,1H3. The number of fused-ring (bicyclic) bond motifs is 1. The number of likely N-dealkylation sites (N-methyl/N-ethyl adjacent to an activating group) is 1. The number of hydrogen-bond acceptors (Lipinski definition) is 1. The van der Waals surface area contributed by atoms with Crippen molar-refractivity contribution in [2.75, 3.05) is 11.9 Å². The van der Waals surface area contributed by atoms with Gasteiger partial charge in [-0.15, -0.1) is 0 Å². The summed E-state index contributed by atoms with van der Waals surface area (Å²) in [6.07, 6.45) is 7.32. The molecule has 1 heterocycles. The number of amides is 1. The highest BCUT2D eigenvalue weighted by molar-refractivity contribution is 9.09. The molecule has 2 nitrogen and oxygen atoms in total. The van der Waals surface area contributed by atoms with Gasteiger partial charge in [0, 0.05) is 17.6 Å². The molecule has 0 spiro atoms. The summed E-state index contributed by atoms with van der Waals surface area (Å²) in [7, 11) is 1.86. The van der Waals surface area contributed by atoms with E-state index in [0.717, 1.165) is 11.6 Å². The van der Waals surface area contributed by atoms with E-state index >= 15 is 0 Å². The van der Waals surface area contributed by atoms with Gasteiger partial charge < -0.3 is 4.90 Å². The molecule has 3 heteroatoms. The Morgan fingerprint density at radius 2 is 2.00 bits per heavy atom. The first-order chi connectivity index (χ1) is 9.16. The van der Waals surface area contributed by atoms with Crippen LogP contribution in [0.2, 0.25) is 0 Å². The molecule has 1 aromatic carbocycles. The molecular weight excluding hydrogens is 302 g/mol. The van der Waals surface area contributed by atoms with E-state index in [-0.39, 0.29) is 5.91 Å². The summed E-state index contributed by atoms with van der Waals surface area (Å²) in [5, 5.41) is 0. The van der Waals surface area contributed by atoms with E-state index in [1.54, 1.807) is 4.90 Å². The molecule has 2 aliphatic rings. The molecule has 1 amide bonds. The fourth-order valence-electron chi connectivity index (χ4n) is 3.36. The van der Waals surface area contributed by atoms with Crippen molar-refractivity contribution in [2.45, 2.75) is 43.4 Å². The van der Waals surface area contributed by atoms with Crippen molar-refractivity contribution in [2.24, 2.45) is 5.92 Å². The van der Waals surface area contributed by atoms with E-state index in [4.69, 9.17) is 0 Å². The number of rotatable bonds is 2. The van der Waals surface area contributed by atoms with Crippen LogP contribution in [0, 0.1) is 5.92 Å². The molecule has 0 N–H and O–H groups in total. The highest BCUT2D eigenvalue weighted by atomic mass is 79.9. The number of alkyl halides is 1. The van der Waals surface area contributed by atoms with Gasteiger partial charge in [-0.3, -0.25) is 4.79 Å². The summed E-state index contributed by atoms with van der Waals surface area (Å²) in [6.45, 7) is 0. The SMILES string of the molecule is CN1C(=O)Cc2cc(C(Br)C3CCCCC3)ccc21. The molecule has 3 rings (SSSR count). The van der Waals surface area contributed by atoms with Crippen LogP contribution in [0.15, 0.2) is 18.2 Å². The Morgan fingerprint density at radius 3 is 2.74 bits per heavy atom. The van der Waals surface area contributed by atoms with Crippen molar-refractivity contribution in [3.63, 3.8) is 0 Å². The normalized spacial score (nSPS) is 21.6. The van der Waals surface area contributed by atoms with Crippen LogP contribution in [-0.2, 0) is 11.2 Å². The van der Waals surface area contributed by atoms with Gasteiger partial charge in [-0.2, -0.15) is 0 Å². The molecule has 1 aromatic rings. The average Bonchev–Trinajstić information content (AvgIpc) is 2.74. The summed E-state index contributed by atoms with van der Waals surface area (Å²) in [4.78, 5) is 13.9. The van der Waals surface area contributed by atoms with E-state index < -0.39 is 0 Å². The van der Waals surface area contributed by atoms with E-state index in [1.165, 1.54) is 43.2 Å². The van der Waals surface area contributed by atoms with Gasteiger partial charge in [-0.25, -0.2) is 0 Å². The first-order valence-corrected chi connectivity index (χ1v) is 8.12. The van der Waals surface area contributed by atoms with Gasteiger partial charge >= 0.3 is 0 Å². The van der Waals surface area contributed by atoms with E-state index in [1.807, 2.05) is 7.05 Å². The Balaban J connectivity index is 1.82. The highest BCUT2D eigenvalue weighted by Gasteiger charge is 2.27. The molecule has 1 atom stereocenters. The largest absolute Gasteiger partial charge is 0.315 e. The average molecular weight is 322 g/mol. The van der Waals surface area contributed by atoms with Crippen LogP contribution in [0.5, 0.6) is 0 Å². The number of carbonyl (C=O) groups is 1. The fraction of sp³-hybridized carbons (Fsp3) is 0.562. The zero-order chi connectivity index (χ0) is 13.4. The zero-order valence-corrected chi connectivity index (χ0v) is 12.9. The first kappa shape index (κ1) is 13.2. The summed E-state index contributed by atoms with van der Waals surface area (Å²) in [5.41, 5.74) is 3.61. The third-order valence-electron chi connectivity index (χ3n) is 4.56. The van der Waals surface area contributed by atoms with Crippen LogP contribution in [0.1, 0.15) is 48.1 Å². The summed E-state index contributed by atoms with van der Waals surface area (Å²) in [5.74, 6) is 0.956. The van der Waals surface area contributed by atoms with Gasteiger partial charge in [0.1, 0.15) is 0 Å². The number of halogens is 1. The molecule has 0 radical (unpaired) electrons. The maximum absolute atomic E-state index is 11.7. The second kappa shape index (κ2) is 5.28. The first-order valence-electron chi connectivity index (χ1n) is 7.20. The zero-order valence-electron chi connectivity index (χ0n) is 11.4. The lowest BCUT2D eigenvalue weighted by Gasteiger charge is -2.27. The fourth-order valence-corrected chi connectivity index (χ4v) is 4.17. The molecule has 102 valence electrons. The van der Waals surface area contributed by atoms with Gasteiger partial charge in [0.15, 0.2) is 0 Å². The number of benzene rings is 1. The Labute approximate surface area is 123 Å². The van der Waals surface area contributed by atoms with Crippen LogP contribution >= 0.6 is 15.9 Å².